The first-order valence-electron chi connectivity index (χ1n) is 4.17. The van der Waals surface area contributed by atoms with Crippen LogP contribution in [0, 0.1) is 5.92 Å². The van der Waals surface area contributed by atoms with Gasteiger partial charge in [0.2, 0.25) is 0 Å². The van der Waals surface area contributed by atoms with E-state index in [0.29, 0.717) is 5.92 Å². The van der Waals surface area contributed by atoms with E-state index >= 15 is 0 Å². The Hall–Kier alpha value is -0.170. The van der Waals surface area contributed by atoms with Crippen LogP contribution in [0.15, 0.2) is 23.1 Å². The molecule has 66 valence electrons. The minimum atomic E-state index is 0.633. The summed E-state index contributed by atoms with van der Waals surface area (Å²) in [6, 6.07) is 0. The maximum Gasteiger partial charge on any atom is -0.0215 e. The molecule has 0 nitrogen and oxygen atoms in total. The zero-order valence-corrected chi connectivity index (χ0v) is 9.15. The highest BCUT2D eigenvalue weighted by molar-refractivity contribution is 7.84. The minimum absolute atomic E-state index is 0.633. The smallest absolute Gasteiger partial charge is 0.0215 e. The molecule has 0 heterocycles. The van der Waals surface area contributed by atoms with Crippen LogP contribution in [0.25, 0.3) is 0 Å². The van der Waals surface area contributed by atoms with Crippen LogP contribution < -0.4 is 0 Å². The molecule has 0 N–H and O–H groups in total. The summed E-state index contributed by atoms with van der Waals surface area (Å²) < 4.78 is 0. The van der Waals surface area contributed by atoms with Crippen molar-refractivity contribution in [1.82, 2.24) is 0 Å². The van der Waals surface area contributed by atoms with Gasteiger partial charge in [-0.05, 0) is 17.7 Å². The molecular weight excluding hydrogens is 152 g/mol. The second-order valence-electron chi connectivity index (χ2n) is 2.44. The lowest BCUT2D eigenvalue weighted by molar-refractivity contribution is 0.832. The van der Waals surface area contributed by atoms with Crippen LogP contribution in [0.5, 0.6) is 0 Å². The third-order valence-corrected chi connectivity index (χ3v) is 0.983. The van der Waals surface area contributed by atoms with E-state index in [1.54, 1.807) is 0 Å². The van der Waals surface area contributed by atoms with Gasteiger partial charge in [0, 0.05) is 0 Å². The van der Waals surface area contributed by atoms with Gasteiger partial charge in [-0.15, -0.1) is 12.6 Å². The van der Waals surface area contributed by atoms with Crippen molar-refractivity contribution in [3.8, 4) is 0 Å². The Morgan fingerprint density at radius 2 is 1.73 bits per heavy atom. The van der Waals surface area contributed by atoms with E-state index in [9.17, 15) is 0 Å². The number of allylic oxidation sites excluding steroid dienone is 4. The summed E-state index contributed by atoms with van der Waals surface area (Å²) in [5.41, 5.74) is 0. The van der Waals surface area contributed by atoms with E-state index in [1.165, 1.54) is 0 Å². The van der Waals surface area contributed by atoms with Gasteiger partial charge in [0.05, 0.1) is 0 Å². The first-order chi connectivity index (χ1) is 5.13. The van der Waals surface area contributed by atoms with Gasteiger partial charge in [-0.2, -0.15) is 0 Å². The van der Waals surface area contributed by atoms with Gasteiger partial charge < -0.3 is 0 Å². The molecule has 0 saturated carbocycles. The molecule has 0 aromatic rings. The lowest BCUT2D eigenvalue weighted by Crippen LogP contribution is -1.74. The van der Waals surface area contributed by atoms with Crippen LogP contribution in [0.3, 0.4) is 0 Å². The van der Waals surface area contributed by atoms with Gasteiger partial charge in [-0.25, -0.2) is 0 Å². The highest BCUT2D eigenvalue weighted by Gasteiger charge is 1.79. The van der Waals surface area contributed by atoms with Crippen molar-refractivity contribution in [2.24, 2.45) is 5.92 Å². The Morgan fingerprint density at radius 1 is 1.27 bits per heavy atom. The summed E-state index contributed by atoms with van der Waals surface area (Å²) in [5, 5.41) is 0. The highest BCUT2D eigenvalue weighted by atomic mass is 32.1. The van der Waals surface area contributed by atoms with Crippen molar-refractivity contribution in [3.05, 3.63) is 23.1 Å². The molecule has 0 saturated heterocycles. The second kappa shape index (κ2) is 9.83. The number of rotatable bonds is 2. The van der Waals surface area contributed by atoms with E-state index in [4.69, 9.17) is 0 Å². The maximum absolute atomic E-state index is 4.11. The van der Waals surface area contributed by atoms with Gasteiger partial charge in [-0.1, -0.05) is 45.9 Å². The maximum atomic E-state index is 4.11. The van der Waals surface area contributed by atoms with Crippen molar-refractivity contribution >= 4 is 12.6 Å². The lowest BCUT2D eigenvalue weighted by atomic mass is 10.2. The standard InChI is InChI=1S/C8H14S.C2H6/c1-7(2)5-4-6-8(3)9;1-2/h4-7,9H,1-3H3;1-2H3/b5-4-,8-6-;. The Labute approximate surface area is 76.8 Å². The topological polar surface area (TPSA) is 0 Å². The fourth-order valence-electron chi connectivity index (χ4n) is 0.417. The van der Waals surface area contributed by atoms with Crippen molar-refractivity contribution in [1.29, 1.82) is 0 Å². The molecule has 0 bridgehead atoms. The summed E-state index contributed by atoms with van der Waals surface area (Å²) >= 11 is 4.11. The van der Waals surface area contributed by atoms with Gasteiger partial charge in [-0.3, -0.25) is 0 Å². The fourth-order valence-corrected chi connectivity index (χ4v) is 0.503. The second-order valence-corrected chi connectivity index (χ2v) is 3.14. The molecule has 0 rings (SSSR count). The molecule has 0 aliphatic heterocycles. The van der Waals surface area contributed by atoms with Crippen LogP contribution in [0.1, 0.15) is 34.6 Å². The Bertz CT molecular complexity index is 117. The number of hydrogen-bond donors (Lipinski definition) is 1. The molecule has 1 heteroatoms. The van der Waals surface area contributed by atoms with Crippen molar-refractivity contribution in [2.45, 2.75) is 34.6 Å². The van der Waals surface area contributed by atoms with E-state index < -0.39 is 0 Å². The molecule has 0 spiro atoms. The zero-order valence-electron chi connectivity index (χ0n) is 8.26. The largest absolute Gasteiger partial charge is 0.148 e. The summed E-state index contributed by atoms with van der Waals surface area (Å²) in [6.07, 6.45) is 6.16. The van der Waals surface area contributed by atoms with Gasteiger partial charge in [0.15, 0.2) is 0 Å². The van der Waals surface area contributed by atoms with E-state index in [0.717, 1.165) is 4.91 Å². The molecule has 0 atom stereocenters. The molecule has 11 heavy (non-hydrogen) atoms. The Kier molecular flexibility index (Phi) is 12.0. The van der Waals surface area contributed by atoms with E-state index in [-0.39, 0.29) is 0 Å². The first kappa shape index (κ1) is 13.4. The van der Waals surface area contributed by atoms with E-state index in [1.807, 2.05) is 32.9 Å². The molecule has 0 aromatic heterocycles. The molecule has 0 fully saturated rings. The normalized spacial score (nSPS) is 11.7. The Morgan fingerprint density at radius 3 is 2.00 bits per heavy atom. The molecule has 0 aromatic carbocycles. The van der Waals surface area contributed by atoms with E-state index in [2.05, 4.69) is 32.6 Å². The van der Waals surface area contributed by atoms with Crippen LogP contribution in [-0.2, 0) is 0 Å². The molecular formula is C10H20S. The van der Waals surface area contributed by atoms with Crippen LogP contribution >= 0.6 is 12.6 Å². The highest BCUT2D eigenvalue weighted by Crippen LogP contribution is 1.99. The average molecular weight is 172 g/mol. The first-order valence-corrected chi connectivity index (χ1v) is 4.61. The van der Waals surface area contributed by atoms with Gasteiger partial charge in [0.25, 0.3) is 0 Å². The van der Waals surface area contributed by atoms with Gasteiger partial charge in [0.1, 0.15) is 0 Å². The summed E-state index contributed by atoms with van der Waals surface area (Å²) in [6.45, 7) is 10.3. The SMILES string of the molecule is C/C(S)=C/C=C\C(C)C.CC. The van der Waals surface area contributed by atoms with Crippen LogP contribution in [0.4, 0.5) is 0 Å². The summed E-state index contributed by atoms with van der Waals surface area (Å²) in [4.78, 5) is 1.05. The van der Waals surface area contributed by atoms with Gasteiger partial charge >= 0.3 is 0 Å². The Balaban J connectivity index is 0. The number of hydrogen-bond acceptors (Lipinski definition) is 1. The fraction of sp³-hybridized carbons (Fsp3) is 0.600. The summed E-state index contributed by atoms with van der Waals surface area (Å²) in [7, 11) is 0. The molecule has 0 aliphatic rings. The third kappa shape index (κ3) is 17.7. The quantitative estimate of drug-likeness (QED) is 0.471. The van der Waals surface area contributed by atoms with Crippen LogP contribution in [-0.4, -0.2) is 0 Å². The van der Waals surface area contributed by atoms with Crippen molar-refractivity contribution < 1.29 is 0 Å². The molecule has 0 unspecified atom stereocenters. The molecule has 0 amide bonds. The van der Waals surface area contributed by atoms with Crippen molar-refractivity contribution in [3.63, 3.8) is 0 Å². The zero-order chi connectivity index (χ0) is 9.28. The third-order valence-electron chi connectivity index (χ3n) is 0.833. The predicted molar refractivity (Wildman–Crippen MR) is 58.1 cm³/mol. The van der Waals surface area contributed by atoms with Crippen LogP contribution in [0.2, 0.25) is 0 Å². The summed E-state index contributed by atoms with van der Waals surface area (Å²) in [5.74, 6) is 0.633. The predicted octanol–water partition coefficient (Wildman–Crippen LogP) is 4.06. The molecule has 0 radical (unpaired) electrons. The number of thiol groups is 1. The average Bonchev–Trinajstić information content (AvgIpc) is 1.90. The minimum Gasteiger partial charge on any atom is -0.148 e. The molecule has 0 aliphatic carbocycles. The van der Waals surface area contributed by atoms with Crippen molar-refractivity contribution in [2.75, 3.05) is 0 Å². The monoisotopic (exact) mass is 172 g/mol. The lowest BCUT2D eigenvalue weighted by Gasteiger charge is -1.89.